The number of nitrogens with one attached hydrogen (secondary N) is 3. The van der Waals surface area contributed by atoms with E-state index in [2.05, 4.69) is 16.0 Å². The van der Waals surface area contributed by atoms with Crippen molar-refractivity contribution >= 4 is 114 Å². The van der Waals surface area contributed by atoms with Crippen LogP contribution in [0.2, 0.25) is 0 Å². The molecule has 0 fully saturated rings. The van der Waals surface area contributed by atoms with Crippen LogP contribution in [0.4, 0.5) is 17.1 Å². The molecular formula is C56H29N3O8. The number of carbonyl (C=O) groups is 8. The third-order valence-corrected chi connectivity index (χ3v) is 12.7. The first-order valence-corrected chi connectivity index (χ1v) is 21.2. The zero-order chi connectivity index (χ0) is 45.8. The van der Waals surface area contributed by atoms with Crippen molar-refractivity contribution in [3.05, 3.63) is 212 Å². The fourth-order valence-corrected chi connectivity index (χ4v) is 9.42. The van der Waals surface area contributed by atoms with Crippen molar-refractivity contribution in [1.82, 2.24) is 0 Å². The molecule has 0 radical (unpaired) electrons. The average Bonchev–Trinajstić information content (AvgIpc) is 3.34. The Bertz CT molecular complexity index is 3890. The summed E-state index contributed by atoms with van der Waals surface area (Å²) in [4.78, 5) is 114. The van der Waals surface area contributed by atoms with Crippen molar-refractivity contribution in [3.8, 4) is 0 Å². The number of fused-ring (bicyclic) bond motifs is 8. The van der Waals surface area contributed by atoms with Crippen LogP contribution in [0.5, 0.6) is 0 Å². The SMILES string of the molecule is O=C1C(=O)c2cc3ccccc3cc2C=C1Nc1cc2c(c(NC3=Cc4cc5ccccc5cc4C(=O)C3=O)c1NC1=Cc3cc4ccccc4cc3C(=O)C1=O)C(=O)c1ccccc1C2=O. The smallest absolute Gasteiger partial charge is 0.249 e. The van der Waals surface area contributed by atoms with Gasteiger partial charge >= 0.3 is 0 Å². The summed E-state index contributed by atoms with van der Waals surface area (Å²) in [5.74, 6) is -6.51. The highest BCUT2D eigenvalue weighted by molar-refractivity contribution is 6.54. The molecular weight excluding hydrogens is 843 g/mol. The Kier molecular flexibility index (Phi) is 8.48. The van der Waals surface area contributed by atoms with Crippen molar-refractivity contribution in [2.75, 3.05) is 16.0 Å². The number of anilines is 3. The lowest BCUT2D eigenvalue weighted by atomic mass is 9.81. The Morgan fingerprint density at radius 3 is 1.03 bits per heavy atom. The highest BCUT2D eigenvalue weighted by atomic mass is 16.2. The van der Waals surface area contributed by atoms with Crippen LogP contribution in [0.15, 0.2) is 157 Å². The van der Waals surface area contributed by atoms with Crippen LogP contribution in [0, 0.1) is 0 Å². The molecule has 67 heavy (non-hydrogen) atoms. The first kappa shape index (κ1) is 39.1. The summed E-state index contributed by atoms with van der Waals surface area (Å²) in [6.07, 6.45) is 4.44. The van der Waals surface area contributed by atoms with Gasteiger partial charge in [-0.1, -0.05) is 97.1 Å². The van der Waals surface area contributed by atoms with E-state index in [4.69, 9.17) is 0 Å². The van der Waals surface area contributed by atoms with Crippen LogP contribution < -0.4 is 16.0 Å². The number of benzene rings is 8. The zero-order valence-corrected chi connectivity index (χ0v) is 34.8. The van der Waals surface area contributed by atoms with E-state index in [9.17, 15) is 38.4 Å². The predicted octanol–water partition coefficient (Wildman–Crippen LogP) is 9.58. The Morgan fingerprint density at radius 2 is 0.612 bits per heavy atom. The number of allylic oxidation sites excluding steroid dienone is 3. The molecule has 8 aromatic rings. The van der Waals surface area contributed by atoms with Gasteiger partial charge in [0.15, 0.2) is 11.6 Å². The minimum atomic E-state index is -0.959. The van der Waals surface area contributed by atoms with Gasteiger partial charge in [-0.2, -0.15) is 0 Å². The summed E-state index contributed by atoms with van der Waals surface area (Å²) in [7, 11) is 0. The molecule has 12 rings (SSSR count). The van der Waals surface area contributed by atoms with Crippen molar-refractivity contribution in [2.24, 2.45) is 0 Å². The van der Waals surface area contributed by atoms with Gasteiger partial charge in [0.1, 0.15) is 0 Å². The molecule has 11 nitrogen and oxygen atoms in total. The van der Waals surface area contributed by atoms with Gasteiger partial charge in [-0.3, -0.25) is 38.4 Å². The fraction of sp³-hybridized carbons (Fsp3) is 0. The first-order valence-electron chi connectivity index (χ1n) is 21.2. The Hall–Kier alpha value is -9.48. The Labute approximate surface area is 379 Å². The molecule has 0 spiro atoms. The number of carbonyl (C=O) groups excluding carboxylic acids is 8. The van der Waals surface area contributed by atoms with Gasteiger partial charge in [-0.25, -0.2) is 0 Å². The topological polar surface area (TPSA) is 173 Å². The van der Waals surface area contributed by atoms with E-state index in [1.54, 1.807) is 48.5 Å². The van der Waals surface area contributed by atoms with E-state index in [1.807, 2.05) is 72.8 Å². The second-order valence-corrected chi connectivity index (χ2v) is 16.7. The van der Waals surface area contributed by atoms with Gasteiger partial charge in [-0.15, -0.1) is 0 Å². The predicted molar refractivity (Wildman–Crippen MR) is 254 cm³/mol. The maximum Gasteiger partial charge on any atom is 0.249 e. The van der Waals surface area contributed by atoms with Gasteiger partial charge in [0.2, 0.25) is 34.7 Å². The van der Waals surface area contributed by atoms with Crippen LogP contribution in [-0.2, 0) is 14.4 Å². The van der Waals surface area contributed by atoms with Crippen LogP contribution in [0.3, 0.4) is 0 Å². The molecule has 0 saturated carbocycles. The second kappa shape index (κ2) is 14.5. The van der Waals surface area contributed by atoms with Gasteiger partial charge in [0.05, 0.1) is 39.7 Å². The summed E-state index contributed by atoms with van der Waals surface area (Å²) in [6, 6.07) is 39.8. The minimum absolute atomic E-state index is 0.0510. The summed E-state index contributed by atoms with van der Waals surface area (Å²) in [6.45, 7) is 0. The van der Waals surface area contributed by atoms with E-state index in [-0.39, 0.29) is 73.1 Å². The Balaban J connectivity index is 1.10. The fourth-order valence-electron chi connectivity index (χ4n) is 9.42. The van der Waals surface area contributed by atoms with Gasteiger partial charge in [0, 0.05) is 33.4 Å². The normalized spacial score (nSPS) is 15.1. The van der Waals surface area contributed by atoms with Gasteiger partial charge < -0.3 is 16.0 Å². The number of hydrogen-bond acceptors (Lipinski definition) is 11. The summed E-state index contributed by atoms with van der Waals surface area (Å²) in [5.41, 5.74) is 0.307. The molecule has 8 aromatic carbocycles. The van der Waals surface area contributed by atoms with Gasteiger partial charge in [-0.05, 0) is 110 Å². The molecule has 316 valence electrons. The van der Waals surface area contributed by atoms with E-state index in [1.165, 1.54) is 36.4 Å². The quantitative estimate of drug-likeness (QED) is 0.136. The molecule has 4 aliphatic rings. The van der Waals surface area contributed by atoms with Gasteiger partial charge in [0.25, 0.3) is 0 Å². The number of hydrogen-bond donors (Lipinski definition) is 3. The third kappa shape index (κ3) is 6.06. The summed E-state index contributed by atoms with van der Waals surface area (Å²) >= 11 is 0. The molecule has 0 amide bonds. The summed E-state index contributed by atoms with van der Waals surface area (Å²) < 4.78 is 0. The molecule has 0 atom stereocenters. The van der Waals surface area contributed by atoms with Crippen molar-refractivity contribution in [3.63, 3.8) is 0 Å². The monoisotopic (exact) mass is 871 g/mol. The zero-order valence-electron chi connectivity index (χ0n) is 34.8. The van der Waals surface area contributed by atoms with Crippen LogP contribution in [0.25, 0.3) is 50.5 Å². The highest BCUT2D eigenvalue weighted by Gasteiger charge is 2.39. The van der Waals surface area contributed by atoms with Crippen LogP contribution >= 0.6 is 0 Å². The first-order chi connectivity index (χ1) is 32.5. The van der Waals surface area contributed by atoms with Crippen molar-refractivity contribution in [2.45, 2.75) is 0 Å². The molecule has 0 aliphatic heterocycles. The molecule has 0 bridgehead atoms. The second-order valence-electron chi connectivity index (χ2n) is 16.7. The molecule has 3 N–H and O–H groups in total. The lowest BCUT2D eigenvalue weighted by Gasteiger charge is -2.28. The minimum Gasteiger partial charge on any atom is -0.350 e. The maximum atomic E-state index is 14.8. The molecule has 11 heteroatoms. The number of rotatable bonds is 6. The number of ketones is 8. The molecule has 0 saturated heterocycles. The van der Waals surface area contributed by atoms with E-state index >= 15 is 0 Å². The van der Waals surface area contributed by atoms with Crippen LogP contribution in [-0.4, -0.2) is 46.3 Å². The molecule has 4 aliphatic carbocycles. The summed E-state index contributed by atoms with van der Waals surface area (Å²) in [5, 5.41) is 13.8. The lowest BCUT2D eigenvalue weighted by molar-refractivity contribution is -0.112. The lowest BCUT2D eigenvalue weighted by Crippen LogP contribution is -2.30. The highest BCUT2D eigenvalue weighted by Crippen LogP contribution is 2.45. The van der Waals surface area contributed by atoms with Crippen LogP contribution in [0.1, 0.15) is 79.6 Å². The van der Waals surface area contributed by atoms with E-state index in [0.29, 0.717) is 16.7 Å². The average molecular weight is 872 g/mol. The molecule has 0 heterocycles. The maximum absolute atomic E-state index is 14.8. The molecule has 0 unspecified atom stereocenters. The van der Waals surface area contributed by atoms with E-state index in [0.717, 1.165) is 32.3 Å². The standard InChI is InChI=1S/C56H29N3O8/c60-49-36-15-7-8-16-37(36)50(61)46-41(49)26-42(57-43-23-33-17-27-9-1-4-12-30(27)20-38(33)51(62)54(43)65)47(58-44-24-34-18-28-10-2-5-13-31(28)21-39(34)52(63)55(44)66)48(46)59-45-25-35-19-29-11-3-6-14-32(29)22-40(35)53(64)56(45)67/h1-26,57-59H. The molecule has 0 aromatic heterocycles. The largest absolute Gasteiger partial charge is 0.350 e. The Morgan fingerprint density at radius 1 is 0.269 bits per heavy atom. The van der Waals surface area contributed by atoms with Crippen molar-refractivity contribution in [1.29, 1.82) is 0 Å². The third-order valence-electron chi connectivity index (χ3n) is 12.7. The van der Waals surface area contributed by atoms with Crippen molar-refractivity contribution < 1.29 is 38.4 Å². The number of Topliss-reactive ketones (excluding diaryl/α,β-unsaturated/α-hetero) is 6. The van der Waals surface area contributed by atoms with E-state index < -0.39 is 46.3 Å².